The molecule has 4 heteroatoms. The molecular weight excluding hydrogens is 204 g/mol. The molecule has 2 rings (SSSR count). The van der Waals surface area contributed by atoms with Crippen molar-refractivity contribution < 1.29 is 9.90 Å². The second-order valence-corrected chi connectivity index (χ2v) is 4.23. The molecule has 1 aromatic heterocycles. The fourth-order valence-electron chi connectivity index (χ4n) is 1.67. The Hall–Kier alpha value is -1.58. The van der Waals surface area contributed by atoms with Gasteiger partial charge >= 0.3 is 5.97 Å². The summed E-state index contributed by atoms with van der Waals surface area (Å²) in [5.74, 6) is 0.609. The predicted molar refractivity (Wildman–Crippen MR) is 61.6 cm³/mol. The van der Waals surface area contributed by atoms with Gasteiger partial charge in [-0.2, -0.15) is 0 Å². The van der Waals surface area contributed by atoms with Gasteiger partial charge in [-0.25, -0.2) is 9.78 Å². The van der Waals surface area contributed by atoms with E-state index in [0.717, 1.165) is 18.9 Å². The summed E-state index contributed by atoms with van der Waals surface area (Å²) in [4.78, 5) is 14.7. The van der Waals surface area contributed by atoms with Gasteiger partial charge < -0.3 is 10.4 Å². The number of nitrogens with one attached hydrogen (secondary N) is 1. The van der Waals surface area contributed by atoms with Gasteiger partial charge in [0.15, 0.2) is 5.69 Å². The van der Waals surface area contributed by atoms with Crippen LogP contribution in [0.25, 0.3) is 0 Å². The number of nitrogens with zero attached hydrogens (tertiary/aromatic N) is 1. The van der Waals surface area contributed by atoms with E-state index in [-0.39, 0.29) is 5.69 Å². The Kier molecular flexibility index (Phi) is 3.39. The van der Waals surface area contributed by atoms with E-state index in [1.54, 1.807) is 12.1 Å². The number of carbonyl (C=O) groups is 1. The number of hydrogen-bond acceptors (Lipinski definition) is 3. The van der Waals surface area contributed by atoms with Crippen LogP contribution in [0.15, 0.2) is 18.2 Å². The standard InChI is InChI=1S/C12H16N2O2/c15-12(16)10-4-1-5-11(14-10)13-8-2-3-9-6-7-9/h1,4-5,9H,2-3,6-8H2,(H,13,14)(H,15,16). The van der Waals surface area contributed by atoms with Crippen molar-refractivity contribution in [1.82, 2.24) is 4.98 Å². The molecule has 0 aromatic carbocycles. The molecule has 1 saturated carbocycles. The van der Waals surface area contributed by atoms with E-state index in [9.17, 15) is 4.79 Å². The summed E-state index contributed by atoms with van der Waals surface area (Å²) in [5, 5.41) is 11.9. The number of hydrogen-bond donors (Lipinski definition) is 2. The molecule has 1 heterocycles. The summed E-state index contributed by atoms with van der Waals surface area (Å²) in [5.41, 5.74) is 0.0900. The summed E-state index contributed by atoms with van der Waals surface area (Å²) in [6, 6.07) is 5.00. The third-order valence-corrected chi connectivity index (χ3v) is 2.76. The molecule has 0 atom stereocenters. The number of rotatable bonds is 6. The second kappa shape index (κ2) is 4.96. The predicted octanol–water partition coefficient (Wildman–Crippen LogP) is 2.38. The molecule has 0 radical (unpaired) electrons. The summed E-state index contributed by atoms with van der Waals surface area (Å²) in [6.45, 7) is 0.868. The first-order valence-electron chi connectivity index (χ1n) is 5.70. The molecule has 86 valence electrons. The maximum absolute atomic E-state index is 10.7. The van der Waals surface area contributed by atoms with Crippen LogP contribution >= 0.6 is 0 Å². The highest BCUT2D eigenvalue weighted by Gasteiger charge is 2.19. The fraction of sp³-hybridized carbons (Fsp3) is 0.500. The van der Waals surface area contributed by atoms with Gasteiger partial charge in [0.2, 0.25) is 0 Å². The van der Waals surface area contributed by atoms with Crippen LogP contribution in [0, 0.1) is 5.92 Å². The first-order valence-corrected chi connectivity index (χ1v) is 5.70. The highest BCUT2D eigenvalue weighted by atomic mass is 16.4. The largest absolute Gasteiger partial charge is 0.477 e. The van der Waals surface area contributed by atoms with E-state index < -0.39 is 5.97 Å². The summed E-state index contributed by atoms with van der Waals surface area (Å²) in [6.07, 6.45) is 5.16. The van der Waals surface area contributed by atoms with Crippen molar-refractivity contribution in [2.24, 2.45) is 5.92 Å². The lowest BCUT2D eigenvalue weighted by atomic mass is 10.2. The van der Waals surface area contributed by atoms with Gasteiger partial charge in [0, 0.05) is 6.54 Å². The zero-order valence-corrected chi connectivity index (χ0v) is 9.15. The Balaban J connectivity index is 1.78. The van der Waals surface area contributed by atoms with Crippen molar-refractivity contribution in [2.45, 2.75) is 25.7 Å². The lowest BCUT2D eigenvalue weighted by molar-refractivity contribution is 0.0690. The van der Waals surface area contributed by atoms with Crippen molar-refractivity contribution in [3.63, 3.8) is 0 Å². The third-order valence-electron chi connectivity index (χ3n) is 2.76. The number of aromatic nitrogens is 1. The Labute approximate surface area is 94.7 Å². The number of anilines is 1. The van der Waals surface area contributed by atoms with Crippen LogP contribution in [-0.4, -0.2) is 22.6 Å². The van der Waals surface area contributed by atoms with Crippen molar-refractivity contribution in [1.29, 1.82) is 0 Å². The monoisotopic (exact) mass is 220 g/mol. The van der Waals surface area contributed by atoms with E-state index in [0.29, 0.717) is 5.82 Å². The van der Waals surface area contributed by atoms with Gasteiger partial charge in [-0.05, 0) is 30.9 Å². The highest BCUT2D eigenvalue weighted by molar-refractivity contribution is 5.85. The van der Waals surface area contributed by atoms with Crippen LogP contribution in [-0.2, 0) is 0 Å². The summed E-state index contributed by atoms with van der Waals surface area (Å²) < 4.78 is 0. The van der Waals surface area contributed by atoms with Crippen LogP contribution < -0.4 is 5.32 Å². The van der Waals surface area contributed by atoms with Crippen molar-refractivity contribution in [3.8, 4) is 0 Å². The first-order chi connectivity index (χ1) is 7.75. The Morgan fingerprint density at radius 2 is 2.31 bits per heavy atom. The van der Waals surface area contributed by atoms with Crippen LogP contribution in [0.2, 0.25) is 0 Å². The molecule has 0 saturated heterocycles. The molecular formula is C12H16N2O2. The third kappa shape index (κ3) is 3.22. The minimum Gasteiger partial charge on any atom is -0.477 e. The van der Waals surface area contributed by atoms with Gasteiger partial charge in [0.25, 0.3) is 0 Å². The van der Waals surface area contributed by atoms with Crippen LogP contribution in [0.3, 0.4) is 0 Å². The van der Waals surface area contributed by atoms with Gasteiger partial charge in [0.1, 0.15) is 5.82 Å². The van der Waals surface area contributed by atoms with E-state index in [2.05, 4.69) is 10.3 Å². The maximum Gasteiger partial charge on any atom is 0.354 e. The molecule has 1 aliphatic carbocycles. The van der Waals surface area contributed by atoms with Gasteiger partial charge in [-0.3, -0.25) is 0 Å². The molecule has 1 aromatic rings. The smallest absolute Gasteiger partial charge is 0.354 e. The van der Waals surface area contributed by atoms with E-state index in [1.807, 2.05) is 0 Å². The molecule has 0 aliphatic heterocycles. The molecule has 0 unspecified atom stereocenters. The maximum atomic E-state index is 10.7. The fourth-order valence-corrected chi connectivity index (χ4v) is 1.67. The number of carboxylic acids is 1. The molecule has 1 fully saturated rings. The van der Waals surface area contributed by atoms with Gasteiger partial charge in [-0.15, -0.1) is 0 Å². The van der Waals surface area contributed by atoms with Crippen LogP contribution in [0.5, 0.6) is 0 Å². The minimum absolute atomic E-state index is 0.0900. The van der Waals surface area contributed by atoms with Crippen molar-refractivity contribution in [2.75, 3.05) is 11.9 Å². The molecule has 0 amide bonds. The Morgan fingerprint density at radius 1 is 1.50 bits per heavy atom. The van der Waals surface area contributed by atoms with E-state index in [1.165, 1.54) is 25.3 Å². The number of carboxylic acid groups (broad SMARTS) is 1. The highest BCUT2D eigenvalue weighted by Crippen LogP contribution is 2.33. The number of pyridine rings is 1. The Bertz CT molecular complexity index is 375. The molecule has 1 aliphatic rings. The topological polar surface area (TPSA) is 62.2 Å². The van der Waals surface area contributed by atoms with Gasteiger partial charge in [-0.1, -0.05) is 18.9 Å². The average Bonchev–Trinajstić information content (AvgIpc) is 3.09. The molecule has 0 spiro atoms. The summed E-state index contributed by atoms with van der Waals surface area (Å²) >= 11 is 0. The molecule has 2 N–H and O–H groups in total. The minimum atomic E-state index is -0.985. The zero-order chi connectivity index (χ0) is 11.4. The van der Waals surface area contributed by atoms with Crippen LogP contribution in [0.1, 0.15) is 36.2 Å². The van der Waals surface area contributed by atoms with E-state index >= 15 is 0 Å². The molecule has 16 heavy (non-hydrogen) atoms. The molecule has 0 bridgehead atoms. The van der Waals surface area contributed by atoms with Crippen LogP contribution in [0.4, 0.5) is 5.82 Å². The SMILES string of the molecule is O=C(O)c1cccc(NCCCC2CC2)n1. The lowest BCUT2D eigenvalue weighted by Gasteiger charge is -2.05. The van der Waals surface area contributed by atoms with E-state index in [4.69, 9.17) is 5.11 Å². The first kappa shape index (κ1) is 10.9. The summed E-state index contributed by atoms with van der Waals surface area (Å²) in [7, 11) is 0. The zero-order valence-electron chi connectivity index (χ0n) is 9.15. The quantitative estimate of drug-likeness (QED) is 0.722. The second-order valence-electron chi connectivity index (χ2n) is 4.23. The normalized spacial score (nSPS) is 14.8. The Morgan fingerprint density at radius 3 is 3.00 bits per heavy atom. The average molecular weight is 220 g/mol. The molecule has 4 nitrogen and oxygen atoms in total. The van der Waals surface area contributed by atoms with Crippen molar-refractivity contribution >= 4 is 11.8 Å². The van der Waals surface area contributed by atoms with Gasteiger partial charge in [0.05, 0.1) is 0 Å². The lowest BCUT2D eigenvalue weighted by Crippen LogP contribution is -2.07. The number of aromatic carboxylic acids is 1. The van der Waals surface area contributed by atoms with Crippen molar-refractivity contribution in [3.05, 3.63) is 23.9 Å².